The van der Waals surface area contributed by atoms with Gasteiger partial charge >= 0.3 is 0 Å². The third-order valence-electron chi connectivity index (χ3n) is 5.79. The molecule has 0 aromatic heterocycles. The molecule has 0 radical (unpaired) electrons. The molecule has 1 aromatic carbocycles. The Bertz CT molecular complexity index is 675. The number of amides is 2. The van der Waals surface area contributed by atoms with Crippen LogP contribution in [0.1, 0.15) is 54.9 Å². The average molecular weight is 342 g/mol. The molecule has 2 bridgehead atoms. The van der Waals surface area contributed by atoms with E-state index in [0.29, 0.717) is 13.1 Å². The van der Waals surface area contributed by atoms with Gasteiger partial charge < -0.3 is 4.74 Å². The zero-order chi connectivity index (χ0) is 17.7. The predicted octanol–water partition coefficient (Wildman–Crippen LogP) is 2.35. The molecule has 0 aliphatic carbocycles. The number of rotatable bonds is 3. The highest BCUT2D eigenvalue weighted by atomic mass is 16.5. The molecule has 134 valence electrons. The van der Waals surface area contributed by atoms with E-state index in [2.05, 4.69) is 32.9 Å². The summed E-state index contributed by atoms with van der Waals surface area (Å²) in [6, 6.07) is 4.25. The van der Waals surface area contributed by atoms with E-state index < -0.39 is 5.92 Å². The predicted molar refractivity (Wildman–Crippen MR) is 94.0 cm³/mol. The third-order valence-corrected chi connectivity index (χ3v) is 5.79. The molecule has 1 aromatic rings. The molecular weight excluding hydrogens is 316 g/mol. The van der Waals surface area contributed by atoms with Crippen LogP contribution in [0.25, 0.3) is 0 Å². The molecule has 5 heteroatoms. The maximum absolute atomic E-state index is 13.2. The Balaban J connectivity index is 1.77. The van der Waals surface area contributed by atoms with E-state index in [1.54, 1.807) is 10.0 Å². The van der Waals surface area contributed by atoms with Crippen molar-refractivity contribution in [2.24, 2.45) is 0 Å². The van der Waals surface area contributed by atoms with Crippen molar-refractivity contribution in [3.05, 3.63) is 34.4 Å². The molecule has 25 heavy (non-hydrogen) atoms. The number of fused-ring (bicyclic) bond motifs is 3. The van der Waals surface area contributed by atoms with Crippen molar-refractivity contribution in [3.8, 4) is 0 Å². The van der Waals surface area contributed by atoms with E-state index in [1.807, 2.05) is 0 Å². The Hall–Kier alpha value is -1.88. The van der Waals surface area contributed by atoms with Crippen LogP contribution >= 0.6 is 0 Å². The standard InChI is InChI=1S/C20H26N2O3/c1-4-13-8-12(3)9-14(5-2)17(13)18-19(23)21-10-15-6-7-16(25-15)11-22(21)20(18)24/h8-9,15-16,18H,4-7,10-11H2,1-3H3/t15-,16+,18?. The molecule has 0 N–H and O–H groups in total. The van der Waals surface area contributed by atoms with Gasteiger partial charge in [-0.05, 0) is 49.3 Å². The molecule has 3 fully saturated rings. The zero-order valence-corrected chi connectivity index (χ0v) is 15.2. The summed E-state index contributed by atoms with van der Waals surface area (Å²) in [7, 11) is 0. The molecule has 4 rings (SSSR count). The Labute approximate surface area is 148 Å². The van der Waals surface area contributed by atoms with Gasteiger partial charge in [-0.1, -0.05) is 31.5 Å². The summed E-state index contributed by atoms with van der Waals surface area (Å²) in [4.78, 5) is 26.4. The minimum atomic E-state index is -0.678. The SMILES string of the molecule is CCc1cc(C)cc(CC)c1C1C(=O)N2C[C@H]3CC[C@@H](CN2C1=O)O3. The summed E-state index contributed by atoms with van der Waals surface area (Å²) in [5, 5.41) is 3.32. The number of ether oxygens (including phenoxy) is 1. The normalized spacial score (nSPS) is 28.5. The van der Waals surface area contributed by atoms with Gasteiger partial charge in [0.2, 0.25) is 0 Å². The van der Waals surface area contributed by atoms with Crippen LogP contribution in [-0.4, -0.2) is 47.1 Å². The first-order valence-corrected chi connectivity index (χ1v) is 9.43. The fourth-order valence-electron chi connectivity index (χ4n) is 4.61. The lowest BCUT2D eigenvalue weighted by Gasteiger charge is -2.27. The zero-order valence-electron chi connectivity index (χ0n) is 15.2. The summed E-state index contributed by atoms with van der Waals surface area (Å²) < 4.78 is 5.91. The summed E-state index contributed by atoms with van der Waals surface area (Å²) in [6.07, 6.45) is 3.75. The smallest absolute Gasteiger partial charge is 0.258 e. The number of hydrogen-bond donors (Lipinski definition) is 0. The van der Waals surface area contributed by atoms with E-state index in [4.69, 9.17) is 4.74 Å². The lowest BCUT2D eigenvalue weighted by Crippen LogP contribution is -2.45. The Kier molecular flexibility index (Phi) is 4.07. The maximum atomic E-state index is 13.2. The van der Waals surface area contributed by atoms with Crippen LogP contribution in [0.4, 0.5) is 0 Å². The van der Waals surface area contributed by atoms with E-state index in [9.17, 15) is 9.59 Å². The van der Waals surface area contributed by atoms with Gasteiger partial charge in [0.1, 0.15) is 5.92 Å². The summed E-state index contributed by atoms with van der Waals surface area (Å²) >= 11 is 0. The minimum absolute atomic E-state index is 0.0693. The Morgan fingerprint density at radius 3 is 1.88 bits per heavy atom. The van der Waals surface area contributed by atoms with Crippen LogP contribution in [0, 0.1) is 6.92 Å². The number of aryl methyl sites for hydroxylation is 3. The Morgan fingerprint density at radius 2 is 1.44 bits per heavy atom. The monoisotopic (exact) mass is 342 g/mol. The van der Waals surface area contributed by atoms with Gasteiger partial charge in [-0.25, -0.2) is 10.0 Å². The van der Waals surface area contributed by atoms with Crippen LogP contribution < -0.4 is 0 Å². The van der Waals surface area contributed by atoms with Gasteiger partial charge in [-0.15, -0.1) is 0 Å². The van der Waals surface area contributed by atoms with E-state index in [-0.39, 0.29) is 24.0 Å². The molecule has 3 aliphatic heterocycles. The molecule has 3 saturated heterocycles. The van der Waals surface area contributed by atoms with Crippen LogP contribution in [0.5, 0.6) is 0 Å². The number of hydrazine groups is 1. The average Bonchev–Trinajstić information content (AvgIpc) is 3.04. The summed E-state index contributed by atoms with van der Waals surface area (Å²) in [5.74, 6) is -0.827. The van der Waals surface area contributed by atoms with Crippen molar-refractivity contribution in [3.63, 3.8) is 0 Å². The lowest BCUT2D eigenvalue weighted by atomic mass is 9.85. The molecule has 0 spiro atoms. The van der Waals surface area contributed by atoms with Crippen LogP contribution in [0.2, 0.25) is 0 Å². The van der Waals surface area contributed by atoms with Crippen molar-refractivity contribution in [2.45, 2.75) is 64.6 Å². The largest absolute Gasteiger partial charge is 0.371 e. The lowest BCUT2D eigenvalue weighted by molar-refractivity contribution is -0.146. The molecule has 0 saturated carbocycles. The van der Waals surface area contributed by atoms with Gasteiger partial charge in [0, 0.05) is 0 Å². The highest BCUT2D eigenvalue weighted by molar-refractivity contribution is 6.10. The van der Waals surface area contributed by atoms with Gasteiger partial charge in [0.05, 0.1) is 25.3 Å². The van der Waals surface area contributed by atoms with Gasteiger partial charge in [-0.2, -0.15) is 0 Å². The highest BCUT2D eigenvalue weighted by Crippen LogP contribution is 2.38. The van der Waals surface area contributed by atoms with Gasteiger partial charge in [0.15, 0.2) is 0 Å². The second-order valence-electron chi connectivity index (χ2n) is 7.44. The Morgan fingerprint density at radius 1 is 0.960 bits per heavy atom. The number of hydrogen-bond acceptors (Lipinski definition) is 3. The van der Waals surface area contributed by atoms with Crippen molar-refractivity contribution in [1.29, 1.82) is 0 Å². The van der Waals surface area contributed by atoms with Crippen LogP contribution in [-0.2, 0) is 27.2 Å². The summed E-state index contributed by atoms with van der Waals surface area (Å²) in [6.45, 7) is 7.27. The van der Waals surface area contributed by atoms with Crippen LogP contribution in [0.3, 0.4) is 0 Å². The number of benzene rings is 1. The van der Waals surface area contributed by atoms with Crippen molar-refractivity contribution in [1.82, 2.24) is 10.0 Å². The number of carbonyl (C=O) groups is 2. The fourth-order valence-corrected chi connectivity index (χ4v) is 4.61. The minimum Gasteiger partial charge on any atom is -0.371 e. The first kappa shape index (κ1) is 16.6. The topological polar surface area (TPSA) is 49.9 Å². The maximum Gasteiger partial charge on any atom is 0.258 e. The third kappa shape index (κ3) is 2.56. The molecule has 3 heterocycles. The molecule has 1 unspecified atom stereocenters. The molecule has 2 amide bonds. The second-order valence-corrected chi connectivity index (χ2v) is 7.44. The van der Waals surface area contributed by atoms with Crippen molar-refractivity contribution >= 4 is 11.8 Å². The fraction of sp³-hybridized carbons (Fsp3) is 0.600. The number of nitrogens with zero attached hydrogens (tertiary/aromatic N) is 2. The second kappa shape index (κ2) is 6.13. The van der Waals surface area contributed by atoms with Crippen molar-refractivity contribution < 1.29 is 14.3 Å². The van der Waals surface area contributed by atoms with Gasteiger partial charge in [-0.3, -0.25) is 9.59 Å². The molecular formula is C20H26N2O3. The quantitative estimate of drug-likeness (QED) is 0.793. The van der Waals surface area contributed by atoms with Crippen molar-refractivity contribution in [2.75, 3.05) is 13.1 Å². The first-order valence-electron chi connectivity index (χ1n) is 9.43. The van der Waals surface area contributed by atoms with E-state index in [0.717, 1.165) is 42.4 Å². The van der Waals surface area contributed by atoms with E-state index >= 15 is 0 Å². The highest BCUT2D eigenvalue weighted by Gasteiger charge is 2.51. The van der Waals surface area contributed by atoms with E-state index in [1.165, 1.54) is 5.56 Å². The summed E-state index contributed by atoms with van der Waals surface area (Å²) in [5.41, 5.74) is 4.40. The molecule has 3 aliphatic rings. The first-order chi connectivity index (χ1) is 12.0. The van der Waals surface area contributed by atoms with Crippen LogP contribution in [0.15, 0.2) is 12.1 Å². The molecule has 3 atom stereocenters. The number of carbonyl (C=O) groups excluding carboxylic acids is 2. The molecule has 5 nitrogen and oxygen atoms in total. The van der Waals surface area contributed by atoms with Gasteiger partial charge in [0.25, 0.3) is 11.8 Å².